The molecule has 0 radical (unpaired) electrons. The lowest BCUT2D eigenvalue weighted by Gasteiger charge is -2.32. The van der Waals surface area contributed by atoms with Crippen LogP contribution < -0.4 is 5.32 Å². The van der Waals surface area contributed by atoms with Crippen LogP contribution in [0.25, 0.3) is 0 Å². The van der Waals surface area contributed by atoms with Gasteiger partial charge in [0, 0.05) is 6.04 Å². The van der Waals surface area contributed by atoms with E-state index in [2.05, 4.69) is 48.5 Å². The van der Waals surface area contributed by atoms with Crippen molar-refractivity contribution < 1.29 is 0 Å². The van der Waals surface area contributed by atoms with Crippen molar-refractivity contribution in [2.24, 2.45) is 5.92 Å². The van der Waals surface area contributed by atoms with Crippen molar-refractivity contribution in [2.75, 3.05) is 26.7 Å². The van der Waals surface area contributed by atoms with Crippen LogP contribution in [0.4, 0.5) is 0 Å². The highest BCUT2D eigenvalue weighted by atomic mass is 15.1. The van der Waals surface area contributed by atoms with Crippen molar-refractivity contribution in [1.82, 2.24) is 10.2 Å². The van der Waals surface area contributed by atoms with Gasteiger partial charge in [0.2, 0.25) is 0 Å². The molecule has 0 aromatic heterocycles. The minimum atomic E-state index is 0.587. The topological polar surface area (TPSA) is 15.3 Å². The number of hydrogen-bond donors (Lipinski definition) is 1. The summed E-state index contributed by atoms with van der Waals surface area (Å²) in [5, 5.41) is 3.84. The Bertz CT molecular complexity index is 449. The lowest BCUT2D eigenvalue weighted by atomic mass is 9.81. The summed E-state index contributed by atoms with van der Waals surface area (Å²) in [4.78, 5) is 2.46. The number of piperidine rings is 1. The normalized spacial score (nSPS) is 27.5. The summed E-state index contributed by atoms with van der Waals surface area (Å²) in [6.07, 6.45) is 6.74. The van der Waals surface area contributed by atoms with Crippen molar-refractivity contribution in [3.05, 3.63) is 35.4 Å². The van der Waals surface area contributed by atoms with E-state index in [1.54, 1.807) is 11.1 Å². The van der Waals surface area contributed by atoms with Gasteiger partial charge in [-0.3, -0.25) is 0 Å². The molecule has 1 aliphatic heterocycles. The lowest BCUT2D eigenvalue weighted by molar-refractivity contribution is 0.210. The molecule has 116 valence electrons. The van der Waals surface area contributed by atoms with Gasteiger partial charge < -0.3 is 10.2 Å². The first kappa shape index (κ1) is 15.1. The summed E-state index contributed by atoms with van der Waals surface area (Å²) in [7, 11) is 2.24. The predicted molar refractivity (Wildman–Crippen MR) is 89.7 cm³/mol. The Morgan fingerprint density at radius 2 is 1.76 bits per heavy atom. The van der Waals surface area contributed by atoms with E-state index in [0.29, 0.717) is 6.04 Å². The molecule has 0 saturated carbocycles. The summed E-state index contributed by atoms with van der Waals surface area (Å²) in [5.41, 5.74) is 3.13. The van der Waals surface area contributed by atoms with Crippen LogP contribution in [-0.2, 0) is 0 Å². The first-order valence-corrected chi connectivity index (χ1v) is 8.75. The number of rotatable bonds is 4. The van der Waals surface area contributed by atoms with E-state index in [1.165, 1.54) is 51.7 Å². The first-order chi connectivity index (χ1) is 10.2. The highest BCUT2D eigenvalue weighted by Gasteiger charge is 2.24. The second-order valence-electron chi connectivity index (χ2n) is 7.15. The number of hydrogen-bond acceptors (Lipinski definition) is 2. The molecule has 1 aromatic carbocycles. The largest absolute Gasteiger partial charge is 0.310 e. The zero-order chi connectivity index (χ0) is 14.7. The average Bonchev–Trinajstić information content (AvgIpc) is 2.52. The van der Waals surface area contributed by atoms with E-state index in [4.69, 9.17) is 0 Å². The standard InChI is InChI=1S/C19H30N2/c1-15-7-8-19(18-6-4-3-5-17(15)18)20-12-9-16-10-13-21(2)14-11-16/h3-6,15-16,19-20H,7-14H2,1-2H3. The fraction of sp³-hybridized carbons (Fsp3) is 0.684. The summed E-state index contributed by atoms with van der Waals surface area (Å²) < 4.78 is 0. The van der Waals surface area contributed by atoms with Gasteiger partial charge >= 0.3 is 0 Å². The van der Waals surface area contributed by atoms with E-state index in [9.17, 15) is 0 Å². The number of likely N-dealkylation sites (tertiary alicyclic amines) is 1. The molecule has 3 rings (SSSR count). The van der Waals surface area contributed by atoms with Crippen LogP contribution in [-0.4, -0.2) is 31.6 Å². The van der Waals surface area contributed by atoms with Crippen LogP contribution >= 0.6 is 0 Å². The van der Waals surface area contributed by atoms with E-state index in [1.807, 2.05) is 0 Å². The first-order valence-electron chi connectivity index (χ1n) is 8.75. The molecular formula is C19H30N2. The summed E-state index contributed by atoms with van der Waals surface area (Å²) >= 11 is 0. The maximum absolute atomic E-state index is 3.84. The fourth-order valence-corrected chi connectivity index (χ4v) is 4.03. The Hall–Kier alpha value is -0.860. The molecule has 2 unspecified atom stereocenters. The van der Waals surface area contributed by atoms with E-state index in [0.717, 1.165) is 11.8 Å². The van der Waals surface area contributed by atoms with Gasteiger partial charge in [0.25, 0.3) is 0 Å². The summed E-state index contributed by atoms with van der Waals surface area (Å²) in [6.45, 7) is 6.12. The average molecular weight is 286 g/mol. The molecule has 1 N–H and O–H groups in total. The van der Waals surface area contributed by atoms with Gasteiger partial charge in [0.1, 0.15) is 0 Å². The monoisotopic (exact) mass is 286 g/mol. The number of fused-ring (bicyclic) bond motifs is 1. The van der Waals surface area contributed by atoms with Crippen molar-refractivity contribution in [2.45, 2.75) is 51.0 Å². The molecule has 1 fully saturated rings. The van der Waals surface area contributed by atoms with Crippen molar-refractivity contribution in [1.29, 1.82) is 0 Å². The maximum atomic E-state index is 3.84. The van der Waals surface area contributed by atoms with E-state index in [-0.39, 0.29) is 0 Å². The highest BCUT2D eigenvalue weighted by Crippen LogP contribution is 2.37. The molecule has 2 nitrogen and oxygen atoms in total. The van der Waals surface area contributed by atoms with Crippen molar-refractivity contribution >= 4 is 0 Å². The molecule has 1 aliphatic carbocycles. The molecule has 2 atom stereocenters. The minimum Gasteiger partial charge on any atom is -0.310 e. The van der Waals surface area contributed by atoms with Gasteiger partial charge in [0.05, 0.1) is 0 Å². The Balaban J connectivity index is 1.51. The molecule has 1 aromatic rings. The number of nitrogens with one attached hydrogen (secondary N) is 1. The molecule has 1 saturated heterocycles. The lowest BCUT2D eigenvalue weighted by Crippen LogP contribution is -2.33. The zero-order valence-electron chi connectivity index (χ0n) is 13.6. The van der Waals surface area contributed by atoms with Crippen LogP contribution in [0.2, 0.25) is 0 Å². The van der Waals surface area contributed by atoms with Gasteiger partial charge in [-0.2, -0.15) is 0 Å². The quantitative estimate of drug-likeness (QED) is 0.901. The second kappa shape index (κ2) is 6.93. The molecule has 1 heterocycles. The van der Waals surface area contributed by atoms with Crippen molar-refractivity contribution in [3.63, 3.8) is 0 Å². The van der Waals surface area contributed by atoms with E-state index < -0.39 is 0 Å². The van der Waals surface area contributed by atoms with Gasteiger partial charge in [-0.05, 0) is 81.7 Å². The summed E-state index contributed by atoms with van der Waals surface area (Å²) in [5.74, 6) is 1.67. The van der Waals surface area contributed by atoms with Crippen LogP contribution in [0.15, 0.2) is 24.3 Å². The molecule has 0 amide bonds. The number of nitrogens with zero attached hydrogens (tertiary/aromatic N) is 1. The molecular weight excluding hydrogens is 256 g/mol. The van der Waals surface area contributed by atoms with E-state index >= 15 is 0 Å². The zero-order valence-corrected chi connectivity index (χ0v) is 13.6. The molecule has 0 spiro atoms. The predicted octanol–water partition coefficient (Wildman–Crippen LogP) is 3.95. The third-order valence-corrected chi connectivity index (χ3v) is 5.57. The smallest absolute Gasteiger partial charge is 0.0323 e. The molecule has 2 heteroatoms. The molecule has 21 heavy (non-hydrogen) atoms. The van der Waals surface area contributed by atoms with Crippen LogP contribution in [0.1, 0.15) is 62.1 Å². The second-order valence-corrected chi connectivity index (χ2v) is 7.15. The molecule has 2 aliphatic rings. The van der Waals surface area contributed by atoms with Crippen LogP contribution in [0.3, 0.4) is 0 Å². The van der Waals surface area contributed by atoms with Crippen LogP contribution in [0, 0.1) is 5.92 Å². The van der Waals surface area contributed by atoms with Gasteiger partial charge in [-0.15, -0.1) is 0 Å². The summed E-state index contributed by atoms with van der Waals surface area (Å²) in [6, 6.07) is 9.63. The Morgan fingerprint density at radius 3 is 2.52 bits per heavy atom. The molecule has 0 bridgehead atoms. The Morgan fingerprint density at radius 1 is 1.05 bits per heavy atom. The maximum Gasteiger partial charge on any atom is 0.0323 e. The highest BCUT2D eigenvalue weighted by molar-refractivity contribution is 5.34. The minimum absolute atomic E-state index is 0.587. The van der Waals surface area contributed by atoms with Crippen LogP contribution in [0.5, 0.6) is 0 Å². The third kappa shape index (κ3) is 3.67. The van der Waals surface area contributed by atoms with Crippen molar-refractivity contribution in [3.8, 4) is 0 Å². The third-order valence-electron chi connectivity index (χ3n) is 5.57. The number of benzene rings is 1. The van der Waals surface area contributed by atoms with Gasteiger partial charge in [-0.25, -0.2) is 0 Å². The SMILES string of the molecule is CC1CCC(NCCC2CCN(C)CC2)c2ccccc21. The Kier molecular flexibility index (Phi) is 4.97. The van der Waals surface area contributed by atoms with Gasteiger partial charge in [0.15, 0.2) is 0 Å². The fourth-order valence-electron chi connectivity index (χ4n) is 4.03. The Labute approximate surface area is 129 Å². The van der Waals surface area contributed by atoms with Gasteiger partial charge in [-0.1, -0.05) is 31.2 Å².